The van der Waals surface area contributed by atoms with Crippen LogP contribution in [0.25, 0.3) is 0 Å². The van der Waals surface area contributed by atoms with Crippen LogP contribution in [0, 0.1) is 6.92 Å². The first kappa shape index (κ1) is 16.5. The normalized spacial score (nSPS) is 10.2. The van der Waals surface area contributed by atoms with E-state index in [1.54, 1.807) is 43.6 Å². The Bertz CT molecular complexity index is 859. The number of rotatable bonds is 5. The zero-order chi connectivity index (χ0) is 17.6. The molecule has 2 aromatic carbocycles. The van der Waals surface area contributed by atoms with E-state index in [4.69, 9.17) is 4.74 Å². The van der Waals surface area contributed by atoms with Gasteiger partial charge in [-0.3, -0.25) is 4.79 Å². The fraction of sp³-hybridized carbons (Fsp3) is 0.100. The molecule has 1 amide bonds. The number of carbonyl (C=O) groups is 1. The van der Waals surface area contributed by atoms with Crippen LogP contribution in [0.1, 0.15) is 15.9 Å². The van der Waals surface area contributed by atoms with Gasteiger partial charge in [-0.2, -0.15) is 0 Å². The van der Waals surface area contributed by atoms with E-state index in [-0.39, 0.29) is 5.91 Å². The SMILES string of the molecule is COc1ccc(C(=O)Nc2ccc(Nc3ccccc3C)cn2)cc1. The highest BCUT2D eigenvalue weighted by Gasteiger charge is 2.07. The van der Waals surface area contributed by atoms with Crippen molar-refractivity contribution in [1.82, 2.24) is 4.98 Å². The van der Waals surface area contributed by atoms with Crippen molar-refractivity contribution < 1.29 is 9.53 Å². The van der Waals surface area contributed by atoms with E-state index in [9.17, 15) is 4.79 Å². The van der Waals surface area contributed by atoms with Crippen LogP contribution in [-0.4, -0.2) is 18.0 Å². The summed E-state index contributed by atoms with van der Waals surface area (Å²) in [6, 6.07) is 18.6. The number of benzene rings is 2. The van der Waals surface area contributed by atoms with Gasteiger partial charge >= 0.3 is 0 Å². The Morgan fingerprint density at radius 3 is 2.40 bits per heavy atom. The summed E-state index contributed by atoms with van der Waals surface area (Å²) >= 11 is 0. The van der Waals surface area contributed by atoms with Crippen LogP contribution in [0.15, 0.2) is 66.9 Å². The van der Waals surface area contributed by atoms with Gasteiger partial charge in [0.25, 0.3) is 5.91 Å². The quantitative estimate of drug-likeness (QED) is 0.727. The minimum absolute atomic E-state index is 0.213. The lowest BCUT2D eigenvalue weighted by Crippen LogP contribution is -2.12. The van der Waals surface area contributed by atoms with E-state index in [0.717, 1.165) is 16.9 Å². The Morgan fingerprint density at radius 2 is 1.76 bits per heavy atom. The van der Waals surface area contributed by atoms with Crippen molar-refractivity contribution >= 4 is 23.1 Å². The van der Waals surface area contributed by atoms with E-state index < -0.39 is 0 Å². The third-order valence-corrected chi connectivity index (χ3v) is 3.78. The predicted molar refractivity (Wildman–Crippen MR) is 99.6 cm³/mol. The van der Waals surface area contributed by atoms with Crippen LogP contribution >= 0.6 is 0 Å². The standard InChI is InChI=1S/C20H19N3O2/c1-14-5-3-4-6-18(14)22-16-9-12-19(21-13-16)23-20(24)15-7-10-17(25-2)11-8-15/h3-13,22H,1-2H3,(H,21,23,24). The lowest BCUT2D eigenvalue weighted by atomic mass is 10.2. The number of aryl methyl sites for hydroxylation is 1. The lowest BCUT2D eigenvalue weighted by molar-refractivity contribution is 0.102. The highest BCUT2D eigenvalue weighted by molar-refractivity contribution is 6.03. The molecule has 0 atom stereocenters. The fourth-order valence-corrected chi connectivity index (χ4v) is 2.34. The number of methoxy groups -OCH3 is 1. The molecule has 3 aromatic rings. The van der Waals surface area contributed by atoms with E-state index in [2.05, 4.69) is 15.6 Å². The molecule has 1 aromatic heterocycles. The largest absolute Gasteiger partial charge is 0.497 e. The second kappa shape index (κ2) is 7.49. The third-order valence-electron chi connectivity index (χ3n) is 3.78. The van der Waals surface area contributed by atoms with E-state index in [1.807, 2.05) is 37.3 Å². The van der Waals surface area contributed by atoms with Gasteiger partial charge in [0.05, 0.1) is 19.0 Å². The summed E-state index contributed by atoms with van der Waals surface area (Å²) < 4.78 is 5.09. The monoisotopic (exact) mass is 333 g/mol. The minimum atomic E-state index is -0.213. The van der Waals surface area contributed by atoms with Gasteiger partial charge < -0.3 is 15.4 Å². The zero-order valence-corrected chi connectivity index (χ0v) is 14.1. The van der Waals surface area contributed by atoms with Crippen molar-refractivity contribution in [3.05, 3.63) is 78.0 Å². The first-order chi connectivity index (χ1) is 12.2. The summed E-state index contributed by atoms with van der Waals surface area (Å²) in [6.45, 7) is 2.04. The Morgan fingerprint density at radius 1 is 1.00 bits per heavy atom. The molecule has 0 aliphatic heterocycles. The molecule has 0 spiro atoms. The minimum Gasteiger partial charge on any atom is -0.497 e. The van der Waals surface area contributed by atoms with Crippen LogP contribution in [-0.2, 0) is 0 Å². The molecule has 0 aliphatic rings. The van der Waals surface area contributed by atoms with Crippen molar-refractivity contribution in [2.45, 2.75) is 6.92 Å². The summed E-state index contributed by atoms with van der Waals surface area (Å²) in [5.74, 6) is 0.993. The Labute approximate surface area is 146 Å². The molecular weight excluding hydrogens is 314 g/mol. The number of carbonyl (C=O) groups excluding carboxylic acids is 1. The molecule has 0 aliphatic carbocycles. The van der Waals surface area contributed by atoms with Gasteiger partial charge in [0.1, 0.15) is 11.6 Å². The lowest BCUT2D eigenvalue weighted by Gasteiger charge is -2.10. The molecule has 0 unspecified atom stereocenters. The molecule has 0 saturated carbocycles. The maximum absolute atomic E-state index is 12.2. The first-order valence-electron chi connectivity index (χ1n) is 7.90. The highest BCUT2D eigenvalue weighted by Crippen LogP contribution is 2.20. The van der Waals surface area contributed by atoms with Gasteiger partial charge in [-0.1, -0.05) is 18.2 Å². The molecule has 5 heteroatoms. The second-order valence-electron chi connectivity index (χ2n) is 5.55. The zero-order valence-electron chi connectivity index (χ0n) is 14.1. The number of para-hydroxylation sites is 1. The number of ether oxygens (including phenoxy) is 1. The van der Waals surface area contributed by atoms with Crippen LogP contribution in [0.2, 0.25) is 0 Å². The molecule has 2 N–H and O–H groups in total. The predicted octanol–water partition coefficient (Wildman–Crippen LogP) is 4.39. The maximum Gasteiger partial charge on any atom is 0.256 e. The summed E-state index contributed by atoms with van der Waals surface area (Å²) in [5.41, 5.74) is 3.58. The molecular formula is C20H19N3O2. The van der Waals surface area contributed by atoms with Gasteiger partial charge in [-0.05, 0) is 55.0 Å². The van der Waals surface area contributed by atoms with Crippen LogP contribution < -0.4 is 15.4 Å². The number of aromatic nitrogens is 1. The average Bonchev–Trinajstić information content (AvgIpc) is 2.65. The number of nitrogens with zero attached hydrogens (tertiary/aromatic N) is 1. The molecule has 5 nitrogen and oxygen atoms in total. The second-order valence-corrected chi connectivity index (χ2v) is 5.55. The van der Waals surface area contributed by atoms with E-state index in [1.165, 1.54) is 0 Å². The molecule has 25 heavy (non-hydrogen) atoms. The summed E-state index contributed by atoms with van der Waals surface area (Å²) in [6.07, 6.45) is 1.69. The van der Waals surface area contributed by atoms with Gasteiger partial charge in [-0.15, -0.1) is 0 Å². The maximum atomic E-state index is 12.2. The van der Waals surface area contributed by atoms with Crippen LogP contribution in [0.4, 0.5) is 17.2 Å². The van der Waals surface area contributed by atoms with Crippen molar-refractivity contribution in [3.63, 3.8) is 0 Å². The molecule has 3 rings (SSSR count). The summed E-state index contributed by atoms with van der Waals surface area (Å²) in [5, 5.41) is 6.09. The highest BCUT2D eigenvalue weighted by atomic mass is 16.5. The Balaban J connectivity index is 1.65. The summed E-state index contributed by atoms with van der Waals surface area (Å²) in [7, 11) is 1.59. The molecule has 0 saturated heterocycles. The first-order valence-corrected chi connectivity index (χ1v) is 7.90. The molecule has 0 radical (unpaired) electrons. The number of amides is 1. The van der Waals surface area contributed by atoms with Crippen molar-refractivity contribution in [2.75, 3.05) is 17.7 Å². The van der Waals surface area contributed by atoms with Crippen LogP contribution in [0.5, 0.6) is 5.75 Å². The molecule has 0 bridgehead atoms. The smallest absolute Gasteiger partial charge is 0.256 e. The number of hydrogen-bond donors (Lipinski definition) is 2. The van der Waals surface area contributed by atoms with Crippen molar-refractivity contribution in [1.29, 1.82) is 0 Å². The van der Waals surface area contributed by atoms with Gasteiger partial charge in [0, 0.05) is 11.3 Å². The van der Waals surface area contributed by atoms with Crippen molar-refractivity contribution in [2.24, 2.45) is 0 Å². The number of nitrogens with one attached hydrogen (secondary N) is 2. The fourth-order valence-electron chi connectivity index (χ4n) is 2.34. The third kappa shape index (κ3) is 4.14. The molecule has 1 heterocycles. The van der Waals surface area contributed by atoms with Crippen LogP contribution in [0.3, 0.4) is 0 Å². The van der Waals surface area contributed by atoms with Gasteiger partial charge in [0.2, 0.25) is 0 Å². The number of anilines is 3. The number of pyridine rings is 1. The van der Waals surface area contributed by atoms with Crippen molar-refractivity contribution in [3.8, 4) is 5.75 Å². The summed E-state index contributed by atoms with van der Waals surface area (Å²) in [4.78, 5) is 16.5. The topological polar surface area (TPSA) is 63.2 Å². The Kier molecular flexibility index (Phi) is 4.95. The molecule has 126 valence electrons. The average molecular weight is 333 g/mol. The van der Waals surface area contributed by atoms with Gasteiger partial charge in [-0.25, -0.2) is 4.98 Å². The molecule has 0 fully saturated rings. The van der Waals surface area contributed by atoms with Gasteiger partial charge in [0.15, 0.2) is 0 Å². The van der Waals surface area contributed by atoms with E-state index in [0.29, 0.717) is 17.1 Å². The van der Waals surface area contributed by atoms with E-state index >= 15 is 0 Å². The Hall–Kier alpha value is -3.34. The number of hydrogen-bond acceptors (Lipinski definition) is 4.